The average Bonchev–Trinajstić information content (AvgIpc) is 2.95. The van der Waals surface area contributed by atoms with Crippen LogP contribution in [0.4, 0.5) is 0 Å². The molecule has 0 N–H and O–H groups in total. The maximum atomic E-state index is 13.0. The first kappa shape index (κ1) is 18.5. The summed E-state index contributed by atoms with van der Waals surface area (Å²) < 4.78 is 11.2. The summed E-state index contributed by atoms with van der Waals surface area (Å²) in [7, 11) is 3.20. The quantitative estimate of drug-likeness (QED) is 0.553. The third-order valence-electron chi connectivity index (χ3n) is 4.22. The summed E-state index contributed by atoms with van der Waals surface area (Å²) in [6, 6.07) is 15.2. The van der Waals surface area contributed by atoms with Crippen LogP contribution in [0.25, 0.3) is 6.08 Å². The van der Waals surface area contributed by atoms with Crippen molar-refractivity contribution in [3.8, 4) is 11.5 Å². The van der Waals surface area contributed by atoms with Crippen molar-refractivity contribution < 1.29 is 14.3 Å². The zero-order chi connectivity index (χ0) is 18.7. The molecule has 1 saturated heterocycles. The highest BCUT2D eigenvalue weighted by Gasteiger charge is 2.36. The Kier molecular flexibility index (Phi) is 5.64. The zero-order valence-corrected chi connectivity index (χ0v) is 16.4. The maximum Gasteiger partial charge on any atom is 0.266 e. The first-order valence-electron chi connectivity index (χ1n) is 8.09. The molecule has 0 radical (unpaired) electrons. The second kappa shape index (κ2) is 7.93. The molecule has 1 aliphatic heterocycles. The van der Waals surface area contributed by atoms with Crippen molar-refractivity contribution in [1.29, 1.82) is 0 Å². The molecular formula is C20H19NO3S2. The molecule has 3 rings (SSSR count). The summed E-state index contributed by atoms with van der Waals surface area (Å²) in [6.45, 7) is 1.98. The van der Waals surface area contributed by atoms with E-state index in [1.54, 1.807) is 25.2 Å². The number of thiocarbonyl (C=S) groups is 1. The van der Waals surface area contributed by atoms with E-state index in [-0.39, 0.29) is 11.9 Å². The van der Waals surface area contributed by atoms with Gasteiger partial charge in [-0.1, -0.05) is 54.3 Å². The Hall–Kier alpha value is -2.31. The molecule has 6 heteroatoms. The fourth-order valence-corrected chi connectivity index (χ4v) is 4.20. The molecule has 0 spiro atoms. The van der Waals surface area contributed by atoms with Gasteiger partial charge in [-0.15, -0.1) is 0 Å². The van der Waals surface area contributed by atoms with Crippen molar-refractivity contribution in [2.75, 3.05) is 14.2 Å². The SMILES string of the molecule is COc1ccc(OC)c(/C=C2/SC(=S)N([C@H](C)c3ccccc3)C2=O)c1. The number of carbonyl (C=O) groups excluding carboxylic acids is 1. The Balaban J connectivity index is 1.93. The highest BCUT2D eigenvalue weighted by molar-refractivity contribution is 8.26. The number of ether oxygens (including phenoxy) is 2. The van der Waals surface area contributed by atoms with Gasteiger partial charge in [0.15, 0.2) is 0 Å². The van der Waals surface area contributed by atoms with E-state index in [1.807, 2.05) is 55.5 Å². The van der Waals surface area contributed by atoms with Crippen LogP contribution in [0.15, 0.2) is 53.4 Å². The molecule has 0 aliphatic carbocycles. The van der Waals surface area contributed by atoms with Gasteiger partial charge >= 0.3 is 0 Å². The highest BCUT2D eigenvalue weighted by Crippen LogP contribution is 2.39. The van der Waals surface area contributed by atoms with Gasteiger partial charge in [-0.25, -0.2) is 0 Å². The lowest BCUT2D eigenvalue weighted by Gasteiger charge is -2.23. The molecule has 2 aromatic rings. The molecule has 2 aromatic carbocycles. The van der Waals surface area contributed by atoms with Gasteiger partial charge < -0.3 is 9.47 Å². The van der Waals surface area contributed by atoms with Crippen LogP contribution in [-0.4, -0.2) is 29.3 Å². The summed E-state index contributed by atoms with van der Waals surface area (Å²) in [6.07, 6.45) is 1.80. The van der Waals surface area contributed by atoms with Gasteiger partial charge in [0, 0.05) is 5.56 Å². The topological polar surface area (TPSA) is 38.8 Å². The predicted octanol–water partition coefficient (Wildman–Crippen LogP) is 4.67. The van der Waals surface area contributed by atoms with Crippen LogP contribution in [0.1, 0.15) is 24.1 Å². The minimum Gasteiger partial charge on any atom is -0.497 e. The number of benzene rings is 2. The van der Waals surface area contributed by atoms with Gasteiger partial charge in [-0.3, -0.25) is 9.69 Å². The Labute approximate surface area is 162 Å². The van der Waals surface area contributed by atoms with Crippen LogP contribution in [0.5, 0.6) is 11.5 Å². The average molecular weight is 386 g/mol. The number of hydrogen-bond donors (Lipinski definition) is 0. The fourth-order valence-electron chi connectivity index (χ4n) is 2.79. The Bertz CT molecular complexity index is 865. The second-order valence-corrected chi connectivity index (χ2v) is 7.42. The molecule has 26 heavy (non-hydrogen) atoms. The smallest absolute Gasteiger partial charge is 0.266 e. The van der Waals surface area contributed by atoms with Gasteiger partial charge in [-0.05, 0) is 36.8 Å². The van der Waals surface area contributed by atoms with Crippen LogP contribution < -0.4 is 9.47 Å². The number of methoxy groups -OCH3 is 2. The van der Waals surface area contributed by atoms with E-state index >= 15 is 0 Å². The van der Waals surface area contributed by atoms with E-state index < -0.39 is 0 Å². The van der Waals surface area contributed by atoms with Gasteiger partial charge in [0.1, 0.15) is 15.8 Å². The number of hydrogen-bond acceptors (Lipinski definition) is 5. The van der Waals surface area contributed by atoms with Crippen LogP contribution in [0.3, 0.4) is 0 Å². The standard InChI is InChI=1S/C20H19NO3S2/c1-13(14-7-5-4-6-8-14)21-19(22)18(26-20(21)25)12-15-11-16(23-2)9-10-17(15)24-3/h4-13H,1-3H3/b18-12+/t13-/m1/s1. The van der Waals surface area contributed by atoms with Gasteiger partial charge in [0.05, 0.1) is 25.2 Å². The van der Waals surface area contributed by atoms with Crippen molar-refractivity contribution in [1.82, 2.24) is 4.90 Å². The second-order valence-electron chi connectivity index (χ2n) is 5.75. The van der Waals surface area contributed by atoms with Crippen LogP contribution in [0, 0.1) is 0 Å². The third-order valence-corrected chi connectivity index (χ3v) is 5.55. The van der Waals surface area contributed by atoms with E-state index in [2.05, 4.69) is 0 Å². The van der Waals surface area contributed by atoms with E-state index in [9.17, 15) is 4.79 Å². The van der Waals surface area contributed by atoms with Gasteiger partial charge in [0.25, 0.3) is 5.91 Å². The van der Waals surface area contributed by atoms with E-state index in [0.29, 0.717) is 20.7 Å². The van der Waals surface area contributed by atoms with Crippen LogP contribution >= 0.6 is 24.0 Å². The number of rotatable bonds is 5. The molecular weight excluding hydrogens is 366 g/mol. The number of thioether (sulfide) groups is 1. The molecule has 1 fully saturated rings. The van der Waals surface area contributed by atoms with Crippen molar-refractivity contribution in [3.05, 3.63) is 64.6 Å². The summed E-state index contributed by atoms with van der Waals surface area (Å²) in [5, 5.41) is 0. The molecule has 134 valence electrons. The maximum absolute atomic E-state index is 13.0. The summed E-state index contributed by atoms with van der Waals surface area (Å²) in [4.78, 5) is 15.2. The van der Waals surface area contributed by atoms with Crippen molar-refractivity contribution >= 4 is 40.3 Å². The number of amides is 1. The minimum atomic E-state index is -0.123. The lowest BCUT2D eigenvalue weighted by atomic mass is 10.1. The molecule has 1 heterocycles. The molecule has 1 aliphatic rings. The summed E-state index contributed by atoms with van der Waals surface area (Å²) in [5.74, 6) is 1.28. The summed E-state index contributed by atoms with van der Waals surface area (Å²) >= 11 is 6.77. The molecule has 0 saturated carbocycles. The molecule has 4 nitrogen and oxygen atoms in total. The monoisotopic (exact) mass is 385 g/mol. The lowest BCUT2D eigenvalue weighted by molar-refractivity contribution is -0.123. The molecule has 1 amide bonds. The Morgan fingerprint density at radius 2 is 1.85 bits per heavy atom. The molecule has 0 unspecified atom stereocenters. The third kappa shape index (κ3) is 3.61. The summed E-state index contributed by atoms with van der Waals surface area (Å²) in [5.41, 5.74) is 1.82. The highest BCUT2D eigenvalue weighted by atomic mass is 32.2. The number of nitrogens with zero attached hydrogens (tertiary/aromatic N) is 1. The predicted molar refractivity (Wildman–Crippen MR) is 109 cm³/mol. The molecule has 0 aromatic heterocycles. The van der Waals surface area contributed by atoms with Crippen molar-refractivity contribution in [2.24, 2.45) is 0 Å². The van der Waals surface area contributed by atoms with Crippen LogP contribution in [0.2, 0.25) is 0 Å². The first-order valence-corrected chi connectivity index (χ1v) is 9.31. The first-order chi connectivity index (χ1) is 12.5. The van der Waals surface area contributed by atoms with Gasteiger partial charge in [-0.2, -0.15) is 0 Å². The minimum absolute atomic E-state index is 0.0961. The van der Waals surface area contributed by atoms with E-state index in [4.69, 9.17) is 21.7 Å². The van der Waals surface area contributed by atoms with Crippen molar-refractivity contribution in [2.45, 2.75) is 13.0 Å². The molecule has 1 atom stereocenters. The van der Waals surface area contributed by atoms with Crippen LogP contribution in [-0.2, 0) is 4.79 Å². The van der Waals surface area contributed by atoms with Crippen molar-refractivity contribution in [3.63, 3.8) is 0 Å². The van der Waals surface area contributed by atoms with Gasteiger partial charge in [0.2, 0.25) is 0 Å². The Morgan fingerprint density at radius 3 is 2.50 bits per heavy atom. The zero-order valence-electron chi connectivity index (χ0n) is 14.8. The molecule has 0 bridgehead atoms. The van der Waals surface area contributed by atoms with E-state index in [1.165, 1.54) is 11.8 Å². The van der Waals surface area contributed by atoms with E-state index in [0.717, 1.165) is 11.1 Å². The fraction of sp³-hybridized carbons (Fsp3) is 0.200. The normalized spacial score (nSPS) is 16.9. The largest absolute Gasteiger partial charge is 0.497 e. The Morgan fingerprint density at radius 1 is 1.12 bits per heavy atom. The lowest BCUT2D eigenvalue weighted by Crippen LogP contribution is -2.30. The number of carbonyl (C=O) groups is 1.